The van der Waals surface area contributed by atoms with E-state index in [-0.39, 0.29) is 12.3 Å². The van der Waals surface area contributed by atoms with Gasteiger partial charge < -0.3 is 0 Å². The topological polar surface area (TPSA) is 12.4 Å². The van der Waals surface area contributed by atoms with E-state index < -0.39 is 6.18 Å². The Morgan fingerprint density at radius 1 is 1.45 bits per heavy atom. The zero-order valence-electron chi connectivity index (χ0n) is 6.65. The number of nitrogens with zero attached hydrogens (tertiary/aromatic N) is 1. The van der Waals surface area contributed by atoms with Crippen molar-refractivity contribution in [3.63, 3.8) is 0 Å². The van der Waals surface area contributed by atoms with E-state index in [0.29, 0.717) is 6.42 Å². The first kappa shape index (κ1) is 10.5. The predicted octanol–water partition coefficient (Wildman–Crippen LogP) is 2.81. The molecule has 0 aliphatic heterocycles. The van der Waals surface area contributed by atoms with Crippen molar-refractivity contribution in [3.05, 3.63) is 0 Å². The lowest BCUT2D eigenvalue weighted by molar-refractivity contribution is -0.0539. The third kappa shape index (κ3) is 7.36. The average Bonchev–Trinajstić information content (AvgIpc) is 1.83. The van der Waals surface area contributed by atoms with Crippen molar-refractivity contribution in [2.75, 3.05) is 0 Å². The van der Waals surface area contributed by atoms with Crippen LogP contribution in [0.5, 0.6) is 0 Å². The normalized spacial score (nSPS) is 15.7. The van der Waals surface area contributed by atoms with E-state index in [4.69, 9.17) is 0 Å². The Morgan fingerprint density at radius 3 is 2.36 bits per heavy atom. The molecule has 0 amide bonds. The summed E-state index contributed by atoms with van der Waals surface area (Å²) in [5.41, 5.74) is 0. The van der Waals surface area contributed by atoms with Crippen LogP contribution in [-0.4, -0.2) is 18.4 Å². The molecule has 0 radical (unpaired) electrons. The summed E-state index contributed by atoms with van der Waals surface area (Å²) in [4.78, 5) is 3.34. The van der Waals surface area contributed by atoms with Crippen LogP contribution in [0.25, 0.3) is 0 Å². The number of rotatable bonds is 3. The molecule has 0 aromatic heterocycles. The van der Waals surface area contributed by atoms with E-state index in [9.17, 15) is 13.2 Å². The van der Waals surface area contributed by atoms with Gasteiger partial charge in [0.2, 0.25) is 0 Å². The highest BCUT2D eigenvalue weighted by Crippen LogP contribution is 2.11. The quantitative estimate of drug-likeness (QED) is 0.573. The monoisotopic (exact) mass is 167 g/mol. The molecule has 0 spiro atoms. The summed E-state index contributed by atoms with van der Waals surface area (Å²) in [6, 6.07) is -0.221. The minimum atomic E-state index is -4.26. The highest BCUT2D eigenvalue weighted by molar-refractivity contribution is 5.64. The molecule has 0 aromatic carbocycles. The van der Waals surface area contributed by atoms with Crippen LogP contribution >= 0.6 is 0 Å². The van der Waals surface area contributed by atoms with Crippen LogP contribution in [-0.2, 0) is 0 Å². The van der Waals surface area contributed by atoms with E-state index in [1.807, 2.05) is 6.92 Å². The molecule has 1 nitrogen and oxygen atoms in total. The van der Waals surface area contributed by atoms with E-state index >= 15 is 0 Å². The number of hydrogen-bond donors (Lipinski definition) is 0. The highest BCUT2D eigenvalue weighted by atomic mass is 19.4. The van der Waals surface area contributed by atoms with E-state index in [1.165, 1.54) is 0 Å². The molecule has 1 atom stereocenters. The molecule has 0 heterocycles. The molecule has 0 N–H and O–H groups in total. The number of halogens is 3. The number of aliphatic imine (C=N–C) groups is 1. The predicted molar refractivity (Wildman–Crippen MR) is 38.9 cm³/mol. The Labute approximate surface area is 64.3 Å². The van der Waals surface area contributed by atoms with Crippen molar-refractivity contribution >= 4 is 6.21 Å². The fraction of sp³-hybridized carbons (Fsp3) is 0.857. The van der Waals surface area contributed by atoms with Crippen LogP contribution in [0.15, 0.2) is 4.99 Å². The molecule has 0 aliphatic carbocycles. The Balaban J connectivity index is 3.73. The van der Waals surface area contributed by atoms with Gasteiger partial charge in [-0.15, -0.1) is 0 Å². The van der Waals surface area contributed by atoms with Crippen LogP contribution in [0, 0.1) is 0 Å². The summed E-state index contributed by atoms with van der Waals surface area (Å²) in [5.74, 6) is 0. The summed E-state index contributed by atoms with van der Waals surface area (Å²) in [6.07, 6.45) is -2.64. The minimum absolute atomic E-state index is 0.0628. The van der Waals surface area contributed by atoms with Crippen molar-refractivity contribution in [3.8, 4) is 0 Å². The molecule has 0 rings (SSSR count). The second-order valence-electron chi connectivity index (χ2n) is 2.46. The molecule has 0 aliphatic rings. The van der Waals surface area contributed by atoms with Gasteiger partial charge in [-0.2, -0.15) is 13.2 Å². The molecule has 0 saturated heterocycles. The minimum Gasteiger partial charge on any atom is -0.285 e. The standard InChI is InChI=1S/C7H12F3N/c1-3-4-6(2)11-5-7(8,9)10/h5-6H,3-4H2,1-2H3/b11-5+. The van der Waals surface area contributed by atoms with Gasteiger partial charge in [0.05, 0.1) is 0 Å². The lowest BCUT2D eigenvalue weighted by atomic mass is 10.2. The molecule has 11 heavy (non-hydrogen) atoms. The van der Waals surface area contributed by atoms with E-state index in [0.717, 1.165) is 6.42 Å². The first-order valence-electron chi connectivity index (χ1n) is 3.56. The molecular weight excluding hydrogens is 155 g/mol. The molecule has 1 unspecified atom stereocenters. The lowest BCUT2D eigenvalue weighted by Crippen LogP contribution is -2.11. The van der Waals surface area contributed by atoms with Gasteiger partial charge in [0.1, 0.15) is 6.21 Å². The summed E-state index contributed by atoms with van der Waals surface area (Å²) < 4.78 is 34.5. The molecule has 0 aromatic rings. The van der Waals surface area contributed by atoms with E-state index in [2.05, 4.69) is 4.99 Å². The molecule has 0 bridgehead atoms. The number of alkyl halides is 3. The van der Waals surface area contributed by atoms with Gasteiger partial charge in [-0.3, -0.25) is 4.99 Å². The second-order valence-corrected chi connectivity index (χ2v) is 2.46. The van der Waals surface area contributed by atoms with Crippen molar-refractivity contribution in [2.45, 2.75) is 38.9 Å². The highest BCUT2D eigenvalue weighted by Gasteiger charge is 2.23. The molecule has 66 valence electrons. The third-order valence-electron chi connectivity index (χ3n) is 1.18. The maximum atomic E-state index is 11.5. The van der Waals surface area contributed by atoms with Gasteiger partial charge in [-0.05, 0) is 13.3 Å². The van der Waals surface area contributed by atoms with Crippen molar-refractivity contribution < 1.29 is 13.2 Å². The van der Waals surface area contributed by atoms with Crippen LogP contribution in [0.1, 0.15) is 26.7 Å². The van der Waals surface area contributed by atoms with Crippen molar-refractivity contribution in [1.29, 1.82) is 0 Å². The summed E-state index contributed by atoms with van der Waals surface area (Å²) in [7, 11) is 0. The molecular formula is C7H12F3N. The van der Waals surface area contributed by atoms with Gasteiger partial charge in [0.25, 0.3) is 0 Å². The summed E-state index contributed by atoms with van der Waals surface area (Å²) in [6.45, 7) is 3.59. The maximum Gasteiger partial charge on any atom is 0.426 e. The van der Waals surface area contributed by atoms with Crippen LogP contribution in [0.4, 0.5) is 13.2 Å². The summed E-state index contributed by atoms with van der Waals surface area (Å²) >= 11 is 0. The largest absolute Gasteiger partial charge is 0.426 e. The molecule has 0 fully saturated rings. The van der Waals surface area contributed by atoms with Gasteiger partial charge in [0, 0.05) is 6.04 Å². The fourth-order valence-electron chi connectivity index (χ4n) is 0.704. The third-order valence-corrected chi connectivity index (χ3v) is 1.18. The van der Waals surface area contributed by atoms with Crippen LogP contribution in [0.2, 0.25) is 0 Å². The lowest BCUT2D eigenvalue weighted by Gasteiger charge is -2.03. The maximum absolute atomic E-state index is 11.5. The van der Waals surface area contributed by atoms with Gasteiger partial charge >= 0.3 is 6.18 Å². The summed E-state index contributed by atoms with van der Waals surface area (Å²) in [5, 5.41) is 0. The first-order chi connectivity index (χ1) is 4.95. The van der Waals surface area contributed by atoms with Gasteiger partial charge in [-0.25, -0.2) is 0 Å². The second kappa shape index (κ2) is 4.36. The van der Waals surface area contributed by atoms with Crippen molar-refractivity contribution in [2.24, 2.45) is 4.99 Å². The Bertz CT molecular complexity index is 128. The Morgan fingerprint density at radius 2 is 2.00 bits per heavy atom. The Kier molecular flexibility index (Phi) is 4.15. The SMILES string of the molecule is CCCC(C)/N=C/C(F)(F)F. The van der Waals surface area contributed by atoms with Crippen LogP contribution < -0.4 is 0 Å². The molecule has 0 saturated carbocycles. The van der Waals surface area contributed by atoms with Gasteiger partial charge in [0.15, 0.2) is 0 Å². The smallest absolute Gasteiger partial charge is 0.285 e. The molecule has 4 heteroatoms. The average molecular weight is 167 g/mol. The first-order valence-corrected chi connectivity index (χ1v) is 3.56. The van der Waals surface area contributed by atoms with Crippen molar-refractivity contribution in [1.82, 2.24) is 0 Å². The van der Waals surface area contributed by atoms with Gasteiger partial charge in [-0.1, -0.05) is 13.3 Å². The van der Waals surface area contributed by atoms with Crippen LogP contribution in [0.3, 0.4) is 0 Å². The number of hydrogen-bond acceptors (Lipinski definition) is 1. The zero-order valence-corrected chi connectivity index (χ0v) is 6.65. The van der Waals surface area contributed by atoms with E-state index in [1.54, 1.807) is 6.92 Å². The fourth-order valence-corrected chi connectivity index (χ4v) is 0.704. The Hall–Kier alpha value is -0.540. The zero-order chi connectivity index (χ0) is 8.91.